The van der Waals surface area contributed by atoms with Gasteiger partial charge in [0, 0.05) is 45.8 Å². The molecule has 1 aromatic heterocycles. The minimum absolute atomic E-state index is 0.0145. The molecule has 0 radical (unpaired) electrons. The lowest BCUT2D eigenvalue weighted by Gasteiger charge is -2.42. The quantitative estimate of drug-likeness (QED) is 0.785. The first-order valence-electron chi connectivity index (χ1n) is 9.06. The molecule has 7 nitrogen and oxygen atoms in total. The van der Waals surface area contributed by atoms with Crippen LogP contribution in [0.15, 0.2) is 6.07 Å². The molecule has 2 aliphatic heterocycles. The molecule has 0 N–H and O–H groups in total. The molecule has 2 amide bonds. The Bertz CT molecular complexity index is 710. The molecule has 27 heavy (non-hydrogen) atoms. The second kappa shape index (κ2) is 7.49. The molecule has 0 unspecified atom stereocenters. The summed E-state index contributed by atoms with van der Waals surface area (Å²) in [6.45, 7) is 3.72. The summed E-state index contributed by atoms with van der Waals surface area (Å²) in [6.07, 6.45) is -4.37. The van der Waals surface area contributed by atoms with Gasteiger partial charge in [0.15, 0.2) is 0 Å². The van der Waals surface area contributed by atoms with E-state index in [1.54, 1.807) is 16.6 Å². The molecule has 1 atom stereocenters. The van der Waals surface area contributed by atoms with Crippen molar-refractivity contribution < 1.29 is 22.8 Å². The summed E-state index contributed by atoms with van der Waals surface area (Å²) in [6, 6.07) is 1.56. The summed E-state index contributed by atoms with van der Waals surface area (Å²) >= 11 is 0. The molecule has 3 rings (SSSR count). The van der Waals surface area contributed by atoms with Crippen LogP contribution >= 0.6 is 0 Å². The van der Waals surface area contributed by atoms with Crippen LogP contribution in [0, 0.1) is 6.92 Å². The van der Waals surface area contributed by atoms with E-state index in [4.69, 9.17) is 0 Å². The third kappa shape index (κ3) is 4.42. The molecular formula is C17H24F3N5O2. The number of carbonyl (C=O) groups is 2. The van der Waals surface area contributed by atoms with Crippen LogP contribution in [0.1, 0.15) is 25.0 Å². The Labute approximate surface area is 155 Å². The molecule has 10 heteroatoms. The van der Waals surface area contributed by atoms with Crippen molar-refractivity contribution in [2.45, 2.75) is 38.4 Å². The van der Waals surface area contributed by atoms with Crippen molar-refractivity contribution in [3.8, 4) is 0 Å². The van der Waals surface area contributed by atoms with E-state index in [-0.39, 0.29) is 25.0 Å². The molecule has 0 aromatic carbocycles. The molecule has 2 aliphatic rings. The van der Waals surface area contributed by atoms with Gasteiger partial charge in [0.2, 0.25) is 11.8 Å². The van der Waals surface area contributed by atoms with Crippen LogP contribution in [0.4, 0.5) is 19.0 Å². The predicted octanol–water partition coefficient (Wildman–Crippen LogP) is 1.32. The summed E-state index contributed by atoms with van der Waals surface area (Å²) in [4.78, 5) is 29.7. The van der Waals surface area contributed by atoms with E-state index in [0.717, 1.165) is 17.9 Å². The number of piperazine rings is 1. The largest absolute Gasteiger partial charge is 0.397 e. The maximum absolute atomic E-state index is 13.0. The normalized spacial score (nSPS) is 22.4. The fourth-order valence-corrected chi connectivity index (χ4v) is 3.84. The topological polar surface area (TPSA) is 61.7 Å². The summed E-state index contributed by atoms with van der Waals surface area (Å²) in [5.74, 6) is -0.162. The van der Waals surface area contributed by atoms with Crippen LogP contribution in [0.2, 0.25) is 0 Å². The second-order valence-corrected chi connectivity index (χ2v) is 7.12. The number of aromatic nitrogens is 2. The highest BCUT2D eigenvalue weighted by molar-refractivity contribution is 5.97. The number of piperidine rings is 1. The maximum atomic E-state index is 13.0. The summed E-state index contributed by atoms with van der Waals surface area (Å²) < 4.78 is 38.9. The van der Waals surface area contributed by atoms with E-state index in [2.05, 4.69) is 5.10 Å². The van der Waals surface area contributed by atoms with Crippen LogP contribution < -0.4 is 4.90 Å². The van der Waals surface area contributed by atoms with Gasteiger partial charge >= 0.3 is 6.18 Å². The standard InChI is InChI=1S/C17H24F3N5O2/c1-12-10-14(22(2)21-12)25-5-3-4-13(16(25)27)23-6-8-24(9-7-23)15(26)11-17(18,19)20/h10,13H,3-9,11H2,1-2H3/t13-/m1/s1. The highest BCUT2D eigenvalue weighted by Crippen LogP contribution is 2.26. The zero-order valence-electron chi connectivity index (χ0n) is 15.5. The third-order valence-corrected chi connectivity index (χ3v) is 5.12. The van der Waals surface area contributed by atoms with Gasteiger partial charge in [0.1, 0.15) is 12.2 Å². The van der Waals surface area contributed by atoms with E-state index in [1.165, 1.54) is 4.90 Å². The van der Waals surface area contributed by atoms with E-state index in [0.29, 0.717) is 26.1 Å². The lowest BCUT2D eigenvalue weighted by atomic mass is 10.0. The Kier molecular flexibility index (Phi) is 5.45. The second-order valence-electron chi connectivity index (χ2n) is 7.12. The minimum atomic E-state index is -4.49. The molecular weight excluding hydrogens is 363 g/mol. The van der Waals surface area contributed by atoms with Gasteiger partial charge in [-0.25, -0.2) is 0 Å². The van der Waals surface area contributed by atoms with Crippen molar-refractivity contribution in [2.75, 3.05) is 37.6 Å². The van der Waals surface area contributed by atoms with Gasteiger partial charge in [-0.2, -0.15) is 18.3 Å². The van der Waals surface area contributed by atoms with E-state index < -0.39 is 18.5 Å². The highest BCUT2D eigenvalue weighted by atomic mass is 19.4. The summed E-state index contributed by atoms with van der Waals surface area (Å²) in [7, 11) is 1.80. The molecule has 0 spiro atoms. The van der Waals surface area contributed by atoms with Gasteiger partial charge in [0.05, 0.1) is 11.7 Å². The highest BCUT2D eigenvalue weighted by Gasteiger charge is 2.38. The number of nitrogens with zero attached hydrogens (tertiary/aromatic N) is 5. The zero-order valence-corrected chi connectivity index (χ0v) is 15.5. The number of hydrogen-bond acceptors (Lipinski definition) is 4. The molecule has 0 bridgehead atoms. The molecule has 1 aromatic rings. The number of hydrogen-bond donors (Lipinski definition) is 0. The van der Waals surface area contributed by atoms with Crippen LogP contribution in [-0.4, -0.2) is 76.3 Å². The van der Waals surface area contributed by atoms with E-state index in [9.17, 15) is 22.8 Å². The molecule has 0 aliphatic carbocycles. The van der Waals surface area contributed by atoms with Gasteiger partial charge < -0.3 is 4.90 Å². The van der Waals surface area contributed by atoms with Crippen molar-refractivity contribution in [1.82, 2.24) is 19.6 Å². The molecule has 2 fully saturated rings. The Morgan fingerprint density at radius 2 is 1.89 bits per heavy atom. The number of anilines is 1. The Morgan fingerprint density at radius 1 is 1.22 bits per heavy atom. The smallest absolute Gasteiger partial charge is 0.340 e. The molecule has 150 valence electrons. The molecule has 0 saturated carbocycles. The number of alkyl halides is 3. The first-order valence-corrected chi connectivity index (χ1v) is 9.06. The first kappa shape index (κ1) is 19.7. The number of aryl methyl sites for hydroxylation is 2. The lowest BCUT2D eigenvalue weighted by Crippen LogP contribution is -2.58. The van der Waals surface area contributed by atoms with E-state index in [1.807, 2.05) is 17.9 Å². The number of rotatable bonds is 3. The fourth-order valence-electron chi connectivity index (χ4n) is 3.84. The first-order chi connectivity index (χ1) is 12.7. The van der Waals surface area contributed by atoms with Crippen LogP contribution in [0.3, 0.4) is 0 Å². The van der Waals surface area contributed by atoms with Gasteiger partial charge in [-0.1, -0.05) is 0 Å². The average Bonchev–Trinajstić information content (AvgIpc) is 2.92. The maximum Gasteiger partial charge on any atom is 0.397 e. The number of halogens is 3. The summed E-state index contributed by atoms with van der Waals surface area (Å²) in [5.41, 5.74) is 0.833. The third-order valence-electron chi connectivity index (χ3n) is 5.12. The van der Waals surface area contributed by atoms with Crippen LogP contribution in [-0.2, 0) is 16.6 Å². The Morgan fingerprint density at radius 3 is 2.44 bits per heavy atom. The van der Waals surface area contributed by atoms with Crippen molar-refractivity contribution in [1.29, 1.82) is 0 Å². The Balaban J connectivity index is 1.61. The van der Waals surface area contributed by atoms with E-state index >= 15 is 0 Å². The van der Waals surface area contributed by atoms with Gasteiger partial charge in [0.25, 0.3) is 0 Å². The van der Waals surface area contributed by atoms with Gasteiger partial charge in [-0.15, -0.1) is 0 Å². The number of carbonyl (C=O) groups excluding carboxylic acids is 2. The summed E-state index contributed by atoms with van der Waals surface area (Å²) in [5, 5.41) is 4.29. The zero-order chi connectivity index (χ0) is 19.8. The molecule has 2 saturated heterocycles. The fraction of sp³-hybridized carbons (Fsp3) is 0.706. The number of amides is 2. The predicted molar refractivity (Wildman–Crippen MR) is 92.1 cm³/mol. The average molecular weight is 387 g/mol. The molecule has 3 heterocycles. The van der Waals surface area contributed by atoms with Gasteiger partial charge in [-0.05, 0) is 19.8 Å². The van der Waals surface area contributed by atoms with Crippen LogP contribution in [0.5, 0.6) is 0 Å². The van der Waals surface area contributed by atoms with Crippen molar-refractivity contribution >= 4 is 17.6 Å². The SMILES string of the molecule is Cc1cc(N2CCC[C@@H](N3CCN(C(=O)CC(F)(F)F)CC3)C2=O)n(C)n1. The van der Waals surface area contributed by atoms with Crippen molar-refractivity contribution in [3.05, 3.63) is 11.8 Å². The van der Waals surface area contributed by atoms with Crippen LogP contribution in [0.25, 0.3) is 0 Å². The lowest BCUT2D eigenvalue weighted by molar-refractivity contribution is -0.162. The monoisotopic (exact) mass is 387 g/mol. The Hall–Kier alpha value is -2.10. The van der Waals surface area contributed by atoms with Crippen molar-refractivity contribution in [3.63, 3.8) is 0 Å². The van der Waals surface area contributed by atoms with Crippen molar-refractivity contribution in [2.24, 2.45) is 7.05 Å². The minimum Gasteiger partial charge on any atom is -0.340 e. The van der Waals surface area contributed by atoms with Gasteiger partial charge in [-0.3, -0.25) is 24.1 Å².